The topological polar surface area (TPSA) is 26.3 Å². The van der Waals surface area contributed by atoms with E-state index in [1.807, 2.05) is 13.0 Å². The summed E-state index contributed by atoms with van der Waals surface area (Å²) in [7, 11) is 1.70. The SMILES string of the molecule is CCC(OC)C(C)/C=C(\C)C=O. The minimum Gasteiger partial charge on any atom is -0.381 e. The maximum Gasteiger partial charge on any atom is 0.145 e. The number of aldehydes is 1. The van der Waals surface area contributed by atoms with Crippen LogP contribution >= 0.6 is 0 Å². The van der Waals surface area contributed by atoms with E-state index in [9.17, 15) is 4.79 Å². The molecule has 0 spiro atoms. The van der Waals surface area contributed by atoms with Gasteiger partial charge < -0.3 is 4.74 Å². The summed E-state index contributed by atoms with van der Waals surface area (Å²) in [5.74, 6) is 0.310. The molecule has 0 rings (SSSR count). The lowest BCUT2D eigenvalue weighted by molar-refractivity contribution is -0.104. The summed E-state index contributed by atoms with van der Waals surface area (Å²) in [4.78, 5) is 10.3. The van der Waals surface area contributed by atoms with Crippen LogP contribution in [0.1, 0.15) is 27.2 Å². The molecule has 2 atom stereocenters. The van der Waals surface area contributed by atoms with E-state index in [-0.39, 0.29) is 6.10 Å². The highest BCUT2D eigenvalue weighted by molar-refractivity contribution is 5.72. The summed E-state index contributed by atoms with van der Waals surface area (Å²) in [6.45, 7) is 5.95. The second-order valence-electron chi connectivity index (χ2n) is 3.07. The van der Waals surface area contributed by atoms with Gasteiger partial charge >= 0.3 is 0 Å². The van der Waals surface area contributed by atoms with Crippen LogP contribution in [0.15, 0.2) is 11.6 Å². The molecule has 12 heavy (non-hydrogen) atoms. The fourth-order valence-electron chi connectivity index (χ4n) is 1.31. The predicted molar refractivity (Wildman–Crippen MR) is 50.1 cm³/mol. The molecule has 0 saturated carbocycles. The van der Waals surface area contributed by atoms with Crippen molar-refractivity contribution in [2.75, 3.05) is 7.11 Å². The monoisotopic (exact) mass is 170 g/mol. The molecule has 70 valence electrons. The zero-order valence-corrected chi connectivity index (χ0v) is 8.33. The van der Waals surface area contributed by atoms with Crippen molar-refractivity contribution in [2.24, 2.45) is 5.92 Å². The number of carbonyl (C=O) groups is 1. The predicted octanol–water partition coefficient (Wildman–Crippen LogP) is 2.19. The zero-order chi connectivity index (χ0) is 9.56. The van der Waals surface area contributed by atoms with Crippen LogP contribution in [0.2, 0.25) is 0 Å². The summed E-state index contributed by atoms with van der Waals surface area (Å²) in [6, 6.07) is 0. The van der Waals surface area contributed by atoms with Crippen molar-refractivity contribution in [3.05, 3.63) is 11.6 Å². The van der Waals surface area contributed by atoms with Crippen LogP contribution in [0.4, 0.5) is 0 Å². The molecule has 0 aromatic rings. The van der Waals surface area contributed by atoms with Crippen LogP contribution in [0, 0.1) is 5.92 Å². The van der Waals surface area contributed by atoms with E-state index in [0.29, 0.717) is 5.92 Å². The second-order valence-corrected chi connectivity index (χ2v) is 3.07. The Morgan fingerprint density at radius 3 is 2.50 bits per heavy atom. The van der Waals surface area contributed by atoms with Gasteiger partial charge in [0, 0.05) is 13.0 Å². The van der Waals surface area contributed by atoms with Gasteiger partial charge in [0.05, 0.1) is 6.10 Å². The van der Waals surface area contributed by atoms with Gasteiger partial charge in [-0.1, -0.05) is 19.9 Å². The van der Waals surface area contributed by atoms with E-state index in [2.05, 4.69) is 13.8 Å². The molecule has 2 heteroatoms. The lowest BCUT2D eigenvalue weighted by Crippen LogP contribution is -2.17. The van der Waals surface area contributed by atoms with E-state index in [0.717, 1.165) is 18.3 Å². The molecule has 2 nitrogen and oxygen atoms in total. The van der Waals surface area contributed by atoms with Crippen molar-refractivity contribution >= 4 is 6.29 Å². The van der Waals surface area contributed by atoms with Gasteiger partial charge in [-0.2, -0.15) is 0 Å². The Kier molecular flexibility index (Phi) is 5.64. The quantitative estimate of drug-likeness (QED) is 0.467. The maximum absolute atomic E-state index is 10.3. The Hall–Kier alpha value is -0.630. The van der Waals surface area contributed by atoms with Crippen molar-refractivity contribution in [3.63, 3.8) is 0 Å². The molecule has 0 fully saturated rings. The smallest absolute Gasteiger partial charge is 0.145 e. The standard InChI is InChI=1S/C10H18O2/c1-5-10(12-4)9(3)6-8(2)7-11/h6-7,9-10H,5H2,1-4H3/b8-6+. The van der Waals surface area contributed by atoms with Gasteiger partial charge in [-0.05, 0) is 18.9 Å². The lowest BCUT2D eigenvalue weighted by Gasteiger charge is -2.18. The molecule has 0 bridgehead atoms. The number of hydrogen-bond donors (Lipinski definition) is 0. The van der Waals surface area contributed by atoms with E-state index >= 15 is 0 Å². The van der Waals surface area contributed by atoms with Crippen LogP contribution in [0.5, 0.6) is 0 Å². The summed E-state index contributed by atoms with van der Waals surface area (Å²) >= 11 is 0. The number of rotatable bonds is 5. The largest absolute Gasteiger partial charge is 0.381 e. The Labute approximate surface area is 74.6 Å². The molecule has 2 unspecified atom stereocenters. The summed E-state index contributed by atoms with van der Waals surface area (Å²) in [5, 5.41) is 0. The van der Waals surface area contributed by atoms with Crippen molar-refractivity contribution in [2.45, 2.75) is 33.3 Å². The number of ether oxygens (including phenoxy) is 1. The molecule has 0 heterocycles. The fraction of sp³-hybridized carbons (Fsp3) is 0.700. The van der Waals surface area contributed by atoms with E-state index in [1.54, 1.807) is 7.11 Å². The maximum atomic E-state index is 10.3. The Morgan fingerprint density at radius 1 is 1.58 bits per heavy atom. The molecule has 0 aromatic carbocycles. The van der Waals surface area contributed by atoms with Gasteiger partial charge in [0.15, 0.2) is 0 Å². The molecule has 0 aliphatic carbocycles. The summed E-state index contributed by atoms with van der Waals surface area (Å²) in [6.07, 6.45) is 4.02. The van der Waals surface area contributed by atoms with Gasteiger partial charge in [0.1, 0.15) is 6.29 Å². The third kappa shape index (κ3) is 3.67. The Balaban J connectivity index is 4.16. The van der Waals surface area contributed by atoms with Gasteiger partial charge in [0.25, 0.3) is 0 Å². The number of allylic oxidation sites excluding steroid dienone is 1. The highest BCUT2D eigenvalue weighted by Gasteiger charge is 2.11. The highest BCUT2D eigenvalue weighted by Crippen LogP contribution is 2.13. The first-order chi connectivity index (χ1) is 5.65. The molecule has 0 N–H and O–H groups in total. The van der Waals surface area contributed by atoms with Crippen LogP contribution < -0.4 is 0 Å². The number of carbonyl (C=O) groups excluding carboxylic acids is 1. The molecule has 0 amide bonds. The third-order valence-electron chi connectivity index (χ3n) is 2.00. The molecule has 0 aliphatic heterocycles. The zero-order valence-electron chi connectivity index (χ0n) is 8.33. The van der Waals surface area contributed by atoms with Crippen molar-refractivity contribution in [1.29, 1.82) is 0 Å². The van der Waals surface area contributed by atoms with Crippen molar-refractivity contribution in [3.8, 4) is 0 Å². The summed E-state index contributed by atoms with van der Waals surface area (Å²) in [5.41, 5.74) is 0.776. The van der Waals surface area contributed by atoms with Gasteiger partial charge in [0.2, 0.25) is 0 Å². The lowest BCUT2D eigenvalue weighted by atomic mass is 10.00. The normalized spacial score (nSPS) is 17.2. The highest BCUT2D eigenvalue weighted by atomic mass is 16.5. The first-order valence-electron chi connectivity index (χ1n) is 4.32. The van der Waals surface area contributed by atoms with Gasteiger partial charge in [-0.25, -0.2) is 0 Å². The first-order valence-corrected chi connectivity index (χ1v) is 4.32. The molecule has 0 saturated heterocycles. The average Bonchev–Trinajstić information content (AvgIpc) is 2.06. The van der Waals surface area contributed by atoms with Crippen LogP contribution in [-0.4, -0.2) is 19.5 Å². The number of methoxy groups -OCH3 is 1. The van der Waals surface area contributed by atoms with Gasteiger partial charge in [-0.3, -0.25) is 4.79 Å². The average molecular weight is 170 g/mol. The molecular weight excluding hydrogens is 152 g/mol. The first kappa shape index (κ1) is 11.4. The molecular formula is C10H18O2. The molecule has 0 aromatic heterocycles. The molecule has 0 radical (unpaired) electrons. The molecule has 0 aliphatic rings. The minimum atomic E-state index is 0.222. The van der Waals surface area contributed by atoms with E-state index in [4.69, 9.17) is 4.74 Å². The van der Waals surface area contributed by atoms with E-state index < -0.39 is 0 Å². The second kappa shape index (κ2) is 5.95. The van der Waals surface area contributed by atoms with Crippen molar-refractivity contribution in [1.82, 2.24) is 0 Å². The number of hydrogen-bond acceptors (Lipinski definition) is 2. The fourth-order valence-corrected chi connectivity index (χ4v) is 1.31. The van der Waals surface area contributed by atoms with E-state index in [1.165, 1.54) is 0 Å². The van der Waals surface area contributed by atoms with Crippen molar-refractivity contribution < 1.29 is 9.53 Å². The van der Waals surface area contributed by atoms with Crippen LogP contribution in [0.25, 0.3) is 0 Å². The Morgan fingerprint density at radius 2 is 2.17 bits per heavy atom. The van der Waals surface area contributed by atoms with Gasteiger partial charge in [-0.15, -0.1) is 0 Å². The third-order valence-corrected chi connectivity index (χ3v) is 2.00. The van der Waals surface area contributed by atoms with Crippen LogP contribution in [-0.2, 0) is 9.53 Å². The summed E-state index contributed by atoms with van der Waals surface area (Å²) < 4.78 is 5.25. The van der Waals surface area contributed by atoms with Crippen LogP contribution in [0.3, 0.4) is 0 Å². The minimum absolute atomic E-state index is 0.222. The Bertz CT molecular complexity index is 157.